The van der Waals surface area contributed by atoms with Gasteiger partial charge in [0.05, 0.1) is 0 Å². The molecule has 18 heavy (non-hydrogen) atoms. The Hall–Kier alpha value is -0.700. The molecule has 2 heterocycles. The minimum atomic E-state index is -3.39. The molecule has 0 aliphatic heterocycles. The number of aryl methyl sites for hydroxylation is 1. The van der Waals surface area contributed by atoms with Gasteiger partial charge in [0.2, 0.25) is 10.0 Å². The molecule has 0 saturated carbocycles. The number of hydrogen-bond acceptors (Lipinski definition) is 5. The van der Waals surface area contributed by atoms with Crippen LogP contribution in [0, 0.1) is 6.92 Å². The van der Waals surface area contributed by atoms with Crippen molar-refractivity contribution in [3.8, 4) is 0 Å². The molecule has 0 unspecified atom stereocenters. The highest BCUT2D eigenvalue weighted by Crippen LogP contribution is 2.19. The number of sulfonamides is 1. The average molecular weight is 351 g/mol. The van der Waals surface area contributed by atoms with Crippen LogP contribution in [0.15, 0.2) is 26.5 Å². The summed E-state index contributed by atoms with van der Waals surface area (Å²) in [5.74, 6) is 0.430. The molecule has 0 amide bonds. The highest BCUT2D eigenvalue weighted by molar-refractivity contribution is 9.10. The predicted octanol–water partition coefficient (Wildman–Crippen LogP) is 2.43. The van der Waals surface area contributed by atoms with E-state index >= 15 is 0 Å². The van der Waals surface area contributed by atoms with Crippen LogP contribution < -0.4 is 4.72 Å². The molecule has 2 rings (SSSR count). The maximum absolute atomic E-state index is 11.8. The first-order valence-electron chi connectivity index (χ1n) is 5.07. The van der Waals surface area contributed by atoms with E-state index in [1.54, 1.807) is 13.0 Å². The Morgan fingerprint density at radius 3 is 2.83 bits per heavy atom. The number of hydrogen-bond donors (Lipinski definition) is 1. The first-order chi connectivity index (χ1) is 8.44. The summed E-state index contributed by atoms with van der Waals surface area (Å²) in [4.78, 5) is 0.946. The summed E-state index contributed by atoms with van der Waals surface area (Å²) >= 11 is 4.81. The Kier molecular flexibility index (Phi) is 4.21. The third-order valence-electron chi connectivity index (χ3n) is 2.10. The summed E-state index contributed by atoms with van der Waals surface area (Å²) in [6.45, 7) is 2.01. The van der Waals surface area contributed by atoms with Crippen LogP contribution in [0.25, 0.3) is 0 Å². The zero-order valence-electron chi connectivity index (χ0n) is 9.51. The summed E-state index contributed by atoms with van der Waals surface area (Å²) < 4.78 is 31.9. The van der Waals surface area contributed by atoms with Crippen molar-refractivity contribution in [2.45, 2.75) is 19.2 Å². The number of thiophene rings is 1. The van der Waals surface area contributed by atoms with Gasteiger partial charge in [0.15, 0.2) is 0 Å². The third-order valence-corrected chi connectivity index (χ3v) is 5.06. The average Bonchev–Trinajstić information content (AvgIpc) is 2.85. The van der Waals surface area contributed by atoms with E-state index in [2.05, 4.69) is 25.8 Å². The lowest BCUT2D eigenvalue weighted by Gasteiger charge is -2.02. The molecule has 2 aromatic heterocycles. The zero-order chi connectivity index (χ0) is 13.2. The molecular formula is C10H11BrN2O3S2. The first-order valence-corrected chi connectivity index (χ1v) is 8.39. The van der Waals surface area contributed by atoms with Gasteiger partial charge in [-0.2, -0.15) is 0 Å². The molecule has 0 aliphatic carbocycles. The summed E-state index contributed by atoms with van der Waals surface area (Å²) in [5, 5.41) is 5.57. The van der Waals surface area contributed by atoms with Crippen LogP contribution in [0.3, 0.4) is 0 Å². The number of halogens is 1. The van der Waals surface area contributed by atoms with Crippen LogP contribution in [0.4, 0.5) is 0 Å². The molecule has 98 valence electrons. The van der Waals surface area contributed by atoms with E-state index in [0.717, 1.165) is 9.35 Å². The van der Waals surface area contributed by atoms with Crippen molar-refractivity contribution in [1.29, 1.82) is 0 Å². The van der Waals surface area contributed by atoms with Crippen LogP contribution in [0.1, 0.15) is 16.3 Å². The van der Waals surface area contributed by atoms with Crippen LogP contribution in [0.2, 0.25) is 0 Å². The largest absolute Gasteiger partial charge is 0.361 e. The van der Waals surface area contributed by atoms with E-state index < -0.39 is 10.0 Å². The smallest absolute Gasteiger partial charge is 0.217 e. The fourth-order valence-electron chi connectivity index (χ4n) is 1.36. The number of aromatic nitrogens is 1. The maximum Gasteiger partial charge on any atom is 0.217 e. The molecule has 0 fully saturated rings. The molecular weight excluding hydrogens is 340 g/mol. The van der Waals surface area contributed by atoms with Crippen LogP contribution in [-0.2, 0) is 22.3 Å². The lowest BCUT2D eigenvalue weighted by atomic mass is 10.4. The van der Waals surface area contributed by atoms with Gasteiger partial charge in [-0.25, -0.2) is 13.1 Å². The topological polar surface area (TPSA) is 72.2 Å². The van der Waals surface area contributed by atoms with Gasteiger partial charge in [-0.15, -0.1) is 11.3 Å². The zero-order valence-corrected chi connectivity index (χ0v) is 12.7. The van der Waals surface area contributed by atoms with E-state index in [1.165, 1.54) is 11.3 Å². The van der Waals surface area contributed by atoms with Crippen LogP contribution >= 0.6 is 27.3 Å². The SMILES string of the molecule is Cc1cc(CS(=O)(=O)NCc2cc(Br)cs2)no1. The van der Waals surface area contributed by atoms with Gasteiger partial charge in [-0.3, -0.25) is 0 Å². The Bertz CT molecular complexity index is 633. The summed E-state index contributed by atoms with van der Waals surface area (Å²) in [6, 6.07) is 3.49. The number of nitrogens with zero attached hydrogens (tertiary/aromatic N) is 1. The van der Waals surface area contributed by atoms with Gasteiger partial charge in [0.1, 0.15) is 17.2 Å². The molecule has 0 aliphatic rings. The van der Waals surface area contributed by atoms with Gasteiger partial charge < -0.3 is 4.52 Å². The van der Waals surface area contributed by atoms with Crippen molar-refractivity contribution in [3.05, 3.63) is 38.3 Å². The molecule has 2 aromatic rings. The van der Waals surface area contributed by atoms with Gasteiger partial charge in [0, 0.05) is 27.3 Å². The van der Waals surface area contributed by atoms with Crippen LogP contribution in [0.5, 0.6) is 0 Å². The second-order valence-electron chi connectivity index (χ2n) is 3.74. The minimum Gasteiger partial charge on any atom is -0.361 e. The van der Waals surface area contributed by atoms with Gasteiger partial charge >= 0.3 is 0 Å². The maximum atomic E-state index is 11.8. The minimum absolute atomic E-state index is 0.170. The first kappa shape index (κ1) is 13.7. The Balaban J connectivity index is 1.95. The fraction of sp³-hybridized carbons (Fsp3) is 0.300. The molecule has 0 atom stereocenters. The highest BCUT2D eigenvalue weighted by Gasteiger charge is 2.14. The molecule has 0 aromatic carbocycles. The second kappa shape index (κ2) is 5.52. The predicted molar refractivity (Wildman–Crippen MR) is 72.7 cm³/mol. The Morgan fingerprint density at radius 1 is 1.50 bits per heavy atom. The van der Waals surface area contributed by atoms with Crippen molar-refractivity contribution >= 4 is 37.3 Å². The normalized spacial score (nSPS) is 11.9. The van der Waals surface area contributed by atoms with Crippen molar-refractivity contribution in [1.82, 2.24) is 9.88 Å². The number of nitrogens with one attached hydrogen (secondary N) is 1. The van der Waals surface area contributed by atoms with Gasteiger partial charge in [-0.05, 0) is 28.9 Å². The van der Waals surface area contributed by atoms with Crippen molar-refractivity contribution in [2.75, 3.05) is 0 Å². The Morgan fingerprint density at radius 2 is 2.28 bits per heavy atom. The fourth-order valence-corrected chi connectivity index (χ4v) is 3.84. The monoisotopic (exact) mass is 350 g/mol. The van der Waals surface area contributed by atoms with Crippen molar-refractivity contribution in [3.63, 3.8) is 0 Å². The summed E-state index contributed by atoms with van der Waals surface area (Å²) in [5.41, 5.74) is 0.410. The molecule has 0 radical (unpaired) electrons. The van der Waals surface area contributed by atoms with Gasteiger partial charge in [-0.1, -0.05) is 5.16 Å². The van der Waals surface area contributed by atoms with E-state index in [-0.39, 0.29) is 12.3 Å². The van der Waals surface area contributed by atoms with Crippen molar-refractivity contribution < 1.29 is 12.9 Å². The summed E-state index contributed by atoms with van der Waals surface area (Å²) in [7, 11) is -3.39. The van der Waals surface area contributed by atoms with Crippen molar-refractivity contribution in [2.24, 2.45) is 0 Å². The van der Waals surface area contributed by atoms with E-state index in [4.69, 9.17) is 4.52 Å². The van der Waals surface area contributed by atoms with E-state index in [9.17, 15) is 8.42 Å². The van der Waals surface area contributed by atoms with E-state index in [0.29, 0.717) is 11.5 Å². The lowest BCUT2D eigenvalue weighted by Crippen LogP contribution is -2.24. The molecule has 1 N–H and O–H groups in total. The van der Waals surface area contributed by atoms with Gasteiger partial charge in [0.25, 0.3) is 0 Å². The number of rotatable bonds is 5. The molecule has 8 heteroatoms. The Labute approximate surface area is 117 Å². The quantitative estimate of drug-likeness (QED) is 0.898. The van der Waals surface area contributed by atoms with E-state index in [1.807, 2.05) is 11.4 Å². The standard InChI is InChI=1S/C10H11BrN2O3S2/c1-7-2-9(13-16-7)6-18(14,15)12-4-10-3-8(11)5-17-10/h2-3,5,12H,4,6H2,1H3. The molecule has 0 bridgehead atoms. The lowest BCUT2D eigenvalue weighted by molar-refractivity contribution is 0.392. The molecule has 0 saturated heterocycles. The molecule has 0 spiro atoms. The third kappa shape index (κ3) is 3.91. The van der Waals surface area contributed by atoms with Crippen LogP contribution in [-0.4, -0.2) is 13.6 Å². The summed E-state index contributed by atoms with van der Waals surface area (Å²) in [6.07, 6.45) is 0. The second-order valence-corrected chi connectivity index (χ2v) is 7.46. The molecule has 5 nitrogen and oxygen atoms in total. The highest BCUT2D eigenvalue weighted by atomic mass is 79.9.